The van der Waals surface area contributed by atoms with E-state index in [-0.39, 0.29) is 34.2 Å². The molecule has 206 valence electrons. The normalized spacial score (nSPS) is 12.4. The minimum absolute atomic E-state index is 0.140. The van der Waals surface area contributed by atoms with Crippen molar-refractivity contribution in [1.82, 2.24) is 0 Å². The Morgan fingerprint density at radius 3 is 1.54 bits per heavy atom. The number of nitrogens with zero attached hydrogens (tertiary/aromatic N) is 1. The third kappa shape index (κ3) is 5.14. The number of amides is 4. The fourth-order valence-electron chi connectivity index (χ4n) is 5.53. The summed E-state index contributed by atoms with van der Waals surface area (Å²) in [5.74, 6) is -1.78. The van der Waals surface area contributed by atoms with Crippen molar-refractivity contribution in [3.05, 3.63) is 122 Å². The lowest BCUT2D eigenvalue weighted by molar-refractivity contribution is 0.0923. The maximum absolute atomic E-state index is 13.5. The number of benzene rings is 4. The Bertz CT molecular complexity index is 1740. The highest BCUT2D eigenvalue weighted by atomic mass is 16.2. The molecule has 0 spiro atoms. The average molecular weight is 546 g/mol. The predicted octanol–water partition coefficient (Wildman–Crippen LogP) is 6.84. The number of carbonyl (C=O) groups excluding carboxylic acids is 4. The topological polar surface area (TPSA) is 95.6 Å². The van der Waals surface area contributed by atoms with Crippen molar-refractivity contribution in [2.24, 2.45) is 0 Å². The minimum atomic E-state index is -0.551. The van der Waals surface area contributed by atoms with Gasteiger partial charge in [0.05, 0.1) is 16.8 Å². The minimum Gasteiger partial charge on any atom is -0.322 e. The highest BCUT2D eigenvalue weighted by Gasteiger charge is 2.37. The maximum atomic E-state index is 13.5. The van der Waals surface area contributed by atoms with Crippen LogP contribution in [0, 0.1) is 41.5 Å². The summed E-state index contributed by atoms with van der Waals surface area (Å²) in [4.78, 5) is 54.1. The Balaban J connectivity index is 1.39. The summed E-state index contributed by atoms with van der Waals surface area (Å²) in [6.45, 7) is 11.7. The van der Waals surface area contributed by atoms with Gasteiger partial charge in [0.1, 0.15) is 0 Å². The van der Waals surface area contributed by atoms with Crippen molar-refractivity contribution in [2.75, 3.05) is 15.5 Å². The number of imide groups is 1. The third-order valence-electron chi connectivity index (χ3n) is 7.35. The molecule has 0 atom stereocenters. The van der Waals surface area contributed by atoms with E-state index < -0.39 is 11.8 Å². The van der Waals surface area contributed by atoms with E-state index in [0.717, 1.165) is 49.7 Å². The molecule has 4 amide bonds. The molecule has 41 heavy (non-hydrogen) atoms. The summed E-state index contributed by atoms with van der Waals surface area (Å²) in [6.07, 6.45) is 0. The van der Waals surface area contributed by atoms with Crippen LogP contribution in [0.5, 0.6) is 0 Å². The number of hydrogen-bond donors (Lipinski definition) is 2. The van der Waals surface area contributed by atoms with Crippen LogP contribution in [-0.4, -0.2) is 23.6 Å². The first-order valence-corrected chi connectivity index (χ1v) is 13.4. The number of hydrogen-bond acceptors (Lipinski definition) is 4. The first kappa shape index (κ1) is 27.5. The van der Waals surface area contributed by atoms with Gasteiger partial charge in [-0.05, 0) is 100 Å². The second-order valence-electron chi connectivity index (χ2n) is 10.7. The summed E-state index contributed by atoms with van der Waals surface area (Å²) in [5.41, 5.74) is 8.61. The molecule has 0 unspecified atom stereocenters. The fraction of sp³-hybridized carbons (Fsp3) is 0.176. The van der Waals surface area contributed by atoms with Gasteiger partial charge in [0.2, 0.25) is 0 Å². The summed E-state index contributed by atoms with van der Waals surface area (Å²) < 4.78 is 0. The van der Waals surface area contributed by atoms with Gasteiger partial charge in [0, 0.05) is 22.5 Å². The quantitative estimate of drug-likeness (QED) is 0.268. The van der Waals surface area contributed by atoms with Gasteiger partial charge < -0.3 is 10.6 Å². The molecular formula is C34H31N3O4. The van der Waals surface area contributed by atoms with Crippen LogP contribution in [0.3, 0.4) is 0 Å². The molecule has 1 heterocycles. The van der Waals surface area contributed by atoms with Gasteiger partial charge >= 0.3 is 0 Å². The van der Waals surface area contributed by atoms with Crippen molar-refractivity contribution >= 4 is 40.7 Å². The Morgan fingerprint density at radius 1 is 0.561 bits per heavy atom. The maximum Gasteiger partial charge on any atom is 0.266 e. The summed E-state index contributed by atoms with van der Waals surface area (Å²) in [6, 6.07) is 18.8. The lowest BCUT2D eigenvalue weighted by atomic mass is 10.0. The average Bonchev–Trinajstić information content (AvgIpc) is 3.17. The van der Waals surface area contributed by atoms with E-state index in [2.05, 4.69) is 10.6 Å². The third-order valence-corrected chi connectivity index (χ3v) is 7.35. The second kappa shape index (κ2) is 10.5. The van der Waals surface area contributed by atoms with Crippen LogP contribution in [0.2, 0.25) is 0 Å². The first-order valence-electron chi connectivity index (χ1n) is 13.4. The number of carbonyl (C=O) groups is 4. The molecule has 7 nitrogen and oxygen atoms in total. The highest BCUT2D eigenvalue weighted by molar-refractivity contribution is 6.35. The van der Waals surface area contributed by atoms with Crippen molar-refractivity contribution in [3.63, 3.8) is 0 Å². The molecule has 1 aliphatic rings. The van der Waals surface area contributed by atoms with Gasteiger partial charge in [0.15, 0.2) is 0 Å². The smallest absolute Gasteiger partial charge is 0.266 e. The van der Waals surface area contributed by atoms with E-state index in [4.69, 9.17) is 0 Å². The molecule has 5 rings (SSSR count). The van der Waals surface area contributed by atoms with Gasteiger partial charge in [-0.15, -0.1) is 0 Å². The molecule has 4 aromatic carbocycles. The molecule has 1 aliphatic heterocycles. The number of rotatable bonds is 5. The molecule has 0 radical (unpaired) electrons. The Morgan fingerprint density at radius 2 is 1.02 bits per heavy atom. The summed E-state index contributed by atoms with van der Waals surface area (Å²) in [5, 5.41) is 5.90. The van der Waals surface area contributed by atoms with Crippen molar-refractivity contribution in [1.29, 1.82) is 0 Å². The molecule has 0 aliphatic carbocycles. The molecule has 0 saturated heterocycles. The summed E-state index contributed by atoms with van der Waals surface area (Å²) in [7, 11) is 0. The van der Waals surface area contributed by atoms with Gasteiger partial charge in [-0.2, -0.15) is 0 Å². The number of nitrogens with one attached hydrogen (secondary N) is 2. The van der Waals surface area contributed by atoms with Gasteiger partial charge in [-0.3, -0.25) is 19.2 Å². The van der Waals surface area contributed by atoms with E-state index in [1.807, 2.05) is 65.8 Å². The molecule has 0 fully saturated rings. The van der Waals surface area contributed by atoms with Crippen LogP contribution in [-0.2, 0) is 0 Å². The molecule has 2 N–H and O–H groups in total. The zero-order valence-corrected chi connectivity index (χ0v) is 23.9. The lowest BCUT2D eigenvalue weighted by Crippen LogP contribution is -2.29. The number of anilines is 3. The predicted molar refractivity (Wildman–Crippen MR) is 161 cm³/mol. The molecular weight excluding hydrogens is 514 g/mol. The first-order chi connectivity index (χ1) is 19.4. The van der Waals surface area contributed by atoms with Gasteiger partial charge in [-0.25, -0.2) is 4.90 Å². The van der Waals surface area contributed by atoms with Crippen molar-refractivity contribution in [2.45, 2.75) is 41.5 Å². The number of aryl methyl sites for hydroxylation is 6. The van der Waals surface area contributed by atoms with E-state index in [9.17, 15) is 19.2 Å². The fourth-order valence-corrected chi connectivity index (χ4v) is 5.53. The standard InChI is InChI=1S/C34H31N3O4/c1-18-12-20(3)29(21(4)13-18)35-31(38)24-8-7-9-26(16-24)37-33(40)27-11-10-25(17-28(27)34(37)41)32(39)36-30-22(5)14-19(2)15-23(30)6/h7-17H,1-6H3,(H,35,38)(H,36,39). The SMILES string of the molecule is Cc1cc(C)c(NC(=O)c2cccc(N3C(=O)c4ccc(C(=O)Nc5c(C)cc(C)cc5C)cc4C3=O)c2)c(C)c1. The Kier molecular flexibility index (Phi) is 7.05. The van der Waals surface area contributed by atoms with Crippen LogP contribution < -0.4 is 15.5 Å². The Labute approximate surface area is 239 Å². The monoisotopic (exact) mass is 545 g/mol. The highest BCUT2D eigenvalue weighted by Crippen LogP contribution is 2.31. The van der Waals surface area contributed by atoms with Crippen LogP contribution in [0.4, 0.5) is 17.1 Å². The van der Waals surface area contributed by atoms with Crippen LogP contribution >= 0.6 is 0 Å². The van der Waals surface area contributed by atoms with Crippen LogP contribution in [0.15, 0.2) is 66.7 Å². The lowest BCUT2D eigenvalue weighted by Gasteiger charge is -2.16. The second-order valence-corrected chi connectivity index (χ2v) is 10.7. The molecule has 7 heteroatoms. The van der Waals surface area contributed by atoms with Gasteiger partial charge in [0.25, 0.3) is 23.6 Å². The van der Waals surface area contributed by atoms with Gasteiger partial charge in [-0.1, -0.05) is 41.5 Å². The van der Waals surface area contributed by atoms with Crippen LogP contribution in [0.25, 0.3) is 0 Å². The zero-order chi connectivity index (χ0) is 29.6. The molecule has 4 aromatic rings. The largest absolute Gasteiger partial charge is 0.322 e. The molecule has 0 saturated carbocycles. The molecule has 0 aromatic heterocycles. The van der Waals surface area contributed by atoms with E-state index in [0.29, 0.717) is 5.56 Å². The van der Waals surface area contributed by atoms with Crippen molar-refractivity contribution < 1.29 is 19.2 Å². The van der Waals surface area contributed by atoms with E-state index >= 15 is 0 Å². The molecule has 0 bridgehead atoms. The zero-order valence-electron chi connectivity index (χ0n) is 23.9. The Hall–Kier alpha value is -5.04. The van der Waals surface area contributed by atoms with Crippen molar-refractivity contribution in [3.8, 4) is 0 Å². The van der Waals surface area contributed by atoms with E-state index in [1.54, 1.807) is 18.2 Å². The van der Waals surface area contributed by atoms with Crippen LogP contribution in [0.1, 0.15) is 74.8 Å². The van der Waals surface area contributed by atoms with E-state index in [1.165, 1.54) is 24.3 Å². The number of fused-ring (bicyclic) bond motifs is 1. The summed E-state index contributed by atoms with van der Waals surface area (Å²) >= 11 is 0.